The molecule has 7 heteroatoms. The van der Waals surface area contributed by atoms with Crippen LogP contribution in [0.15, 0.2) is 0 Å². The van der Waals surface area contributed by atoms with Crippen molar-refractivity contribution in [1.29, 1.82) is 5.41 Å². The smallest absolute Gasteiger partial charge is 0.373 e. The van der Waals surface area contributed by atoms with Crippen LogP contribution in [0.25, 0.3) is 16.0 Å². The topological polar surface area (TPSA) is 142 Å². The summed E-state index contributed by atoms with van der Waals surface area (Å²) in [5.41, 5.74) is 13.5. The molecule has 7 nitrogen and oxygen atoms in total. The third-order valence-corrected chi connectivity index (χ3v) is 0. The van der Waals surface area contributed by atoms with E-state index in [1.54, 1.807) is 0 Å². The van der Waals surface area contributed by atoms with E-state index in [0.717, 1.165) is 12.2 Å². The van der Waals surface area contributed by atoms with Crippen LogP contribution in [-0.2, 0) is 9.59 Å². The van der Waals surface area contributed by atoms with Crippen molar-refractivity contribution >= 4 is 12.2 Å². The number of hydrogen-bond donors (Lipinski definition) is 2. The van der Waals surface area contributed by atoms with Crippen molar-refractivity contribution in [3.05, 3.63) is 16.0 Å². The fourth-order valence-corrected chi connectivity index (χ4v) is 0. The predicted molar refractivity (Wildman–Crippen MR) is 26.1 cm³/mol. The van der Waals surface area contributed by atoms with Gasteiger partial charge in [0.25, 0.3) is 0 Å². The molecule has 0 radical (unpaired) electrons. The van der Waals surface area contributed by atoms with Gasteiger partial charge in [-0.3, -0.25) is 4.91 Å². The van der Waals surface area contributed by atoms with Gasteiger partial charge in [0.05, 0.1) is 0 Å². The molecule has 0 aromatic rings. The Morgan fingerprint density at radius 1 is 1.44 bits per heavy atom. The molecule has 0 aliphatic carbocycles. The molecule has 0 spiro atoms. The van der Waals surface area contributed by atoms with E-state index in [1.807, 2.05) is 0 Å². The minimum atomic E-state index is 0.750. The summed E-state index contributed by atoms with van der Waals surface area (Å²) in [6, 6.07) is 0. The summed E-state index contributed by atoms with van der Waals surface area (Å²) in [5.74, 6) is 0. The Morgan fingerprint density at radius 2 is 1.44 bits per heavy atom. The van der Waals surface area contributed by atoms with E-state index in [1.165, 1.54) is 4.91 Å². The zero-order valence-electron chi connectivity index (χ0n) is 4.24. The van der Waals surface area contributed by atoms with Crippen LogP contribution in [-0.4, -0.2) is 12.2 Å². The van der Waals surface area contributed by atoms with Crippen molar-refractivity contribution in [3.63, 3.8) is 0 Å². The highest BCUT2D eigenvalue weighted by Gasteiger charge is 1.17. The third-order valence-electron chi connectivity index (χ3n) is 0. The molecule has 0 amide bonds. The second kappa shape index (κ2) is 136. The van der Waals surface area contributed by atoms with Crippen molar-refractivity contribution in [2.24, 2.45) is 0 Å². The molecule has 0 aromatic heterocycles. The molecule has 0 bridgehead atoms. The summed E-state index contributed by atoms with van der Waals surface area (Å²) in [7, 11) is 0. The summed E-state index contributed by atoms with van der Waals surface area (Å²) in [6.07, 6.45) is 1.75. The number of nitrogens with two attached hydrogens (primary N) is 1. The van der Waals surface area contributed by atoms with Crippen molar-refractivity contribution in [2.45, 2.75) is 0 Å². The van der Waals surface area contributed by atoms with Gasteiger partial charge in [-0.25, -0.2) is 10.2 Å². The summed E-state index contributed by atoms with van der Waals surface area (Å²) in [4.78, 5) is 18.3. The first-order chi connectivity index (χ1) is 4.24. The quantitative estimate of drug-likeness (QED) is 0.140. The summed E-state index contributed by atoms with van der Waals surface area (Å²) < 4.78 is 0. The minimum absolute atomic E-state index is 0.750. The maximum atomic E-state index is 8.46. The van der Waals surface area contributed by atoms with E-state index in [9.17, 15) is 0 Å². The molecule has 0 fully saturated rings. The molecule has 0 aliphatic rings. The zero-order chi connectivity index (χ0) is 8.12. The van der Waals surface area contributed by atoms with E-state index >= 15 is 0 Å². The van der Waals surface area contributed by atoms with Gasteiger partial charge in [-0.2, -0.15) is 10.2 Å². The van der Waals surface area contributed by atoms with Crippen LogP contribution in [0.1, 0.15) is 0 Å². The van der Waals surface area contributed by atoms with Gasteiger partial charge >= 0.3 is 6.08 Å². The normalized spacial score (nSPS) is 2.67. The van der Waals surface area contributed by atoms with Crippen LogP contribution in [0.2, 0.25) is 0 Å². The molecule has 0 aromatic carbocycles. The predicted octanol–water partition coefficient (Wildman–Crippen LogP) is -1.15. The molecule has 0 atom stereocenters. The molecular formula is C2H3N5O2. The van der Waals surface area contributed by atoms with Gasteiger partial charge in [0, 0.05) is 0 Å². The second-order valence-corrected chi connectivity index (χ2v) is 0.309. The Labute approximate surface area is 49.7 Å². The Kier molecular flexibility index (Phi) is 238. The summed E-state index contributed by atoms with van der Waals surface area (Å²) >= 11 is 0. The molecular weight excluding hydrogens is 126 g/mol. The Hall–Kier alpha value is -1.93. The number of hydrogen-bond acceptors (Lipinski definition) is 3. The van der Waals surface area contributed by atoms with E-state index in [-0.39, 0.29) is 0 Å². The van der Waals surface area contributed by atoms with E-state index in [2.05, 4.69) is 5.41 Å². The van der Waals surface area contributed by atoms with Crippen molar-refractivity contribution in [1.82, 2.24) is 0 Å². The number of carbonyl (C=O) groups excluding carboxylic acids is 2. The van der Waals surface area contributed by atoms with Crippen LogP contribution in [0, 0.1) is 5.41 Å². The van der Waals surface area contributed by atoms with Gasteiger partial charge in [0.15, 0.2) is 0 Å². The van der Waals surface area contributed by atoms with Gasteiger partial charge in [-0.1, -0.05) is 0 Å². The van der Waals surface area contributed by atoms with Gasteiger partial charge in [0.1, 0.15) is 0 Å². The maximum absolute atomic E-state index is 8.46. The first kappa shape index (κ1) is 15.7. The highest BCUT2D eigenvalue weighted by molar-refractivity contribution is 5.26. The Bertz CT molecular complexity index is 105. The van der Waals surface area contributed by atoms with Crippen molar-refractivity contribution in [3.8, 4) is 0 Å². The molecule has 0 saturated carbocycles. The Balaban J connectivity index is -0.0000000600. The molecule has 0 unspecified atom stereocenters. The number of isocyanates is 2. The monoisotopic (exact) mass is 129 g/mol. The van der Waals surface area contributed by atoms with E-state index in [4.69, 9.17) is 26.1 Å². The standard InChI is InChI=1S/2CHNO.N3/c2*2-1-3;1-3-2/h2*2H;/q;;-1/p+1. The molecule has 48 valence electrons. The lowest BCUT2D eigenvalue weighted by atomic mass is 11.7. The lowest BCUT2D eigenvalue weighted by molar-refractivity contribution is -0.111. The number of nitrogens with one attached hydrogen (secondary N) is 1. The minimum Gasteiger partial charge on any atom is -0.373 e. The Morgan fingerprint density at radius 3 is 1.44 bits per heavy atom. The van der Waals surface area contributed by atoms with Crippen LogP contribution in [0.3, 0.4) is 0 Å². The zero-order valence-corrected chi connectivity index (χ0v) is 4.24. The summed E-state index contributed by atoms with van der Waals surface area (Å²) in [5, 5.41) is 9.44. The number of nitrogens with zero attached hydrogens (tertiary/aromatic N) is 3. The average Bonchev–Trinajstić information content (AvgIpc) is 1.70. The van der Waals surface area contributed by atoms with Crippen LogP contribution in [0.5, 0.6) is 0 Å². The maximum Gasteiger partial charge on any atom is 0.420 e. The van der Waals surface area contributed by atoms with Gasteiger partial charge in [-0.05, 0) is 0 Å². The SMILES string of the molecule is N=C=O.[N-]=[N+]=[N-].[NH2+]=C=O. The first-order valence-corrected chi connectivity index (χ1v) is 1.35. The van der Waals surface area contributed by atoms with Crippen LogP contribution >= 0.6 is 0 Å². The number of rotatable bonds is 0. The molecule has 0 aliphatic heterocycles. The average molecular weight is 129 g/mol. The van der Waals surface area contributed by atoms with E-state index in [0.29, 0.717) is 0 Å². The van der Waals surface area contributed by atoms with Crippen molar-refractivity contribution < 1.29 is 15.0 Å². The highest BCUT2D eigenvalue weighted by atomic mass is 16.1. The fraction of sp³-hybridized carbons (Fsp3) is 0. The van der Waals surface area contributed by atoms with E-state index < -0.39 is 0 Å². The van der Waals surface area contributed by atoms with Gasteiger partial charge in [-0.15, -0.1) is 0 Å². The molecule has 0 saturated heterocycles. The second-order valence-electron chi connectivity index (χ2n) is 0.309. The van der Waals surface area contributed by atoms with Gasteiger partial charge in [0.2, 0.25) is 6.08 Å². The highest BCUT2D eigenvalue weighted by Crippen LogP contribution is 1.29. The third kappa shape index (κ3) is 27.0. The molecule has 0 heterocycles. The first-order valence-electron chi connectivity index (χ1n) is 1.35. The lowest BCUT2D eigenvalue weighted by Crippen LogP contribution is -2.24. The molecule has 3 N–H and O–H groups in total. The molecule has 0 rings (SSSR count). The van der Waals surface area contributed by atoms with Crippen LogP contribution < -0.4 is 5.41 Å². The van der Waals surface area contributed by atoms with Gasteiger partial charge < -0.3 is 11.1 Å². The van der Waals surface area contributed by atoms with Crippen LogP contribution in [0.4, 0.5) is 0 Å². The lowest BCUT2D eigenvalue weighted by Gasteiger charge is -1.31. The molecule has 9 heavy (non-hydrogen) atoms. The fourth-order valence-electron chi connectivity index (χ4n) is 0. The largest absolute Gasteiger partial charge is 0.420 e. The van der Waals surface area contributed by atoms with Crippen molar-refractivity contribution in [2.75, 3.05) is 0 Å². The summed E-state index contributed by atoms with van der Waals surface area (Å²) in [6.45, 7) is 0.